The quantitative estimate of drug-likeness (QED) is 0.149. The lowest BCUT2D eigenvalue weighted by atomic mass is 9.98. The molecule has 0 unspecified atom stereocenters. The van der Waals surface area contributed by atoms with E-state index in [2.05, 4.69) is 16.1 Å². The molecule has 6 nitrogen and oxygen atoms in total. The van der Waals surface area contributed by atoms with Crippen molar-refractivity contribution in [2.75, 3.05) is 24.4 Å². The fourth-order valence-corrected chi connectivity index (χ4v) is 4.64. The molecule has 0 radical (unpaired) electrons. The average Bonchev–Trinajstić information content (AvgIpc) is 3.02. The standard InChI is InChI=1S/C36H36N2O4/c1-26-18-20-27(21-19-26)31-14-9-10-15-32(31)35(40)37-30-24-22-29(23-25-30)36(41)38(2)33-16-11-8-13-28(33)12-6-4-5-7-17-34(39)42-3/h6,8-16,18-25H,4-5,7,17H2,1-3H3,(H,37,40). The summed E-state index contributed by atoms with van der Waals surface area (Å²) in [5.41, 5.74) is 6.40. The van der Waals surface area contributed by atoms with Gasteiger partial charge < -0.3 is 15.0 Å². The molecule has 0 saturated carbocycles. The van der Waals surface area contributed by atoms with Gasteiger partial charge in [0.1, 0.15) is 0 Å². The molecule has 214 valence electrons. The molecular formula is C36H36N2O4. The number of methoxy groups -OCH3 is 1. The highest BCUT2D eigenvalue weighted by Gasteiger charge is 2.17. The number of amides is 2. The molecule has 0 fully saturated rings. The Morgan fingerprint density at radius 1 is 0.833 bits per heavy atom. The van der Waals surface area contributed by atoms with Crippen LogP contribution >= 0.6 is 0 Å². The van der Waals surface area contributed by atoms with E-state index < -0.39 is 0 Å². The van der Waals surface area contributed by atoms with E-state index in [0.29, 0.717) is 23.2 Å². The van der Waals surface area contributed by atoms with Gasteiger partial charge in [0.2, 0.25) is 0 Å². The minimum absolute atomic E-state index is 0.156. The zero-order valence-corrected chi connectivity index (χ0v) is 24.3. The highest BCUT2D eigenvalue weighted by atomic mass is 16.5. The second-order valence-corrected chi connectivity index (χ2v) is 10.1. The number of rotatable bonds is 11. The molecule has 0 aromatic heterocycles. The molecule has 42 heavy (non-hydrogen) atoms. The first-order valence-electron chi connectivity index (χ1n) is 14.1. The summed E-state index contributed by atoms with van der Waals surface area (Å²) in [6.07, 6.45) is 6.95. The van der Waals surface area contributed by atoms with E-state index in [1.165, 1.54) is 7.11 Å². The SMILES string of the molecule is COC(=O)CCCCC=Cc1ccccc1N(C)C(=O)c1ccc(NC(=O)c2ccccc2-c2ccc(C)cc2)cc1. The van der Waals surface area contributed by atoms with Crippen molar-refractivity contribution in [2.45, 2.75) is 32.6 Å². The van der Waals surface area contributed by atoms with Crippen molar-refractivity contribution in [3.05, 3.63) is 125 Å². The molecule has 0 aliphatic heterocycles. The number of carbonyl (C=O) groups excluding carboxylic acids is 3. The van der Waals surface area contributed by atoms with E-state index in [-0.39, 0.29) is 17.8 Å². The van der Waals surface area contributed by atoms with E-state index in [9.17, 15) is 14.4 Å². The monoisotopic (exact) mass is 560 g/mol. The fraction of sp³-hybridized carbons (Fsp3) is 0.194. The average molecular weight is 561 g/mol. The summed E-state index contributed by atoms with van der Waals surface area (Å²) >= 11 is 0. The van der Waals surface area contributed by atoms with E-state index in [0.717, 1.165) is 47.2 Å². The Balaban J connectivity index is 1.41. The third-order valence-electron chi connectivity index (χ3n) is 7.05. The summed E-state index contributed by atoms with van der Waals surface area (Å²) in [7, 11) is 3.15. The van der Waals surface area contributed by atoms with E-state index in [1.807, 2.05) is 85.8 Å². The number of carbonyl (C=O) groups is 3. The number of nitrogens with zero attached hydrogens (tertiary/aromatic N) is 1. The van der Waals surface area contributed by atoms with Gasteiger partial charge in [0.15, 0.2) is 0 Å². The topological polar surface area (TPSA) is 75.7 Å². The molecule has 0 aliphatic rings. The van der Waals surface area contributed by atoms with E-state index in [1.54, 1.807) is 36.2 Å². The van der Waals surface area contributed by atoms with Gasteiger partial charge in [0.05, 0.1) is 12.8 Å². The Morgan fingerprint density at radius 2 is 1.52 bits per heavy atom. The summed E-state index contributed by atoms with van der Waals surface area (Å²) in [5, 5.41) is 2.96. The molecule has 6 heteroatoms. The van der Waals surface area contributed by atoms with Crippen LogP contribution < -0.4 is 10.2 Å². The summed E-state index contributed by atoms with van der Waals surface area (Å²) < 4.78 is 4.68. The van der Waals surface area contributed by atoms with Crippen LogP contribution in [-0.4, -0.2) is 31.9 Å². The zero-order chi connectivity index (χ0) is 29.9. The summed E-state index contributed by atoms with van der Waals surface area (Å²) in [6, 6.07) is 30.3. The number of unbranched alkanes of at least 4 members (excludes halogenated alkanes) is 2. The Hall–Kier alpha value is -4.97. The maximum absolute atomic E-state index is 13.4. The predicted octanol–water partition coefficient (Wildman–Crippen LogP) is 7.94. The third kappa shape index (κ3) is 7.82. The van der Waals surface area contributed by atoms with Crippen molar-refractivity contribution in [2.24, 2.45) is 0 Å². The normalized spacial score (nSPS) is 10.8. The number of nitrogens with one attached hydrogen (secondary N) is 1. The largest absolute Gasteiger partial charge is 0.469 e. The number of allylic oxidation sites excluding steroid dienone is 1. The van der Waals surface area contributed by atoms with Gasteiger partial charge in [0.25, 0.3) is 11.8 Å². The van der Waals surface area contributed by atoms with Gasteiger partial charge in [-0.25, -0.2) is 0 Å². The highest BCUT2D eigenvalue weighted by molar-refractivity contribution is 6.10. The molecule has 0 bridgehead atoms. The molecule has 0 atom stereocenters. The van der Waals surface area contributed by atoms with Crippen LogP contribution in [0, 0.1) is 6.92 Å². The van der Waals surface area contributed by atoms with Crippen LogP contribution in [-0.2, 0) is 9.53 Å². The molecule has 1 N–H and O–H groups in total. The number of esters is 1. The molecule has 4 aromatic carbocycles. The van der Waals surface area contributed by atoms with Gasteiger partial charge in [0, 0.05) is 30.3 Å². The summed E-state index contributed by atoms with van der Waals surface area (Å²) in [6.45, 7) is 2.03. The number of hydrogen-bond donors (Lipinski definition) is 1. The van der Waals surface area contributed by atoms with Crippen LogP contribution in [0.2, 0.25) is 0 Å². The Labute approximate surface area is 247 Å². The third-order valence-corrected chi connectivity index (χ3v) is 7.05. The lowest BCUT2D eigenvalue weighted by molar-refractivity contribution is -0.140. The van der Waals surface area contributed by atoms with Gasteiger partial charge >= 0.3 is 5.97 Å². The van der Waals surface area contributed by atoms with Crippen molar-refractivity contribution in [3.63, 3.8) is 0 Å². The second-order valence-electron chi connectivity index (χ2n) is 10.1. The molecule has 0 spiro atoms. The summed E-state index contributed by atoms with van der Waals surface area (Å²) in [5.74, 6) is -0.562. The van der Waals surface area contributed by atoms with Gasteiger partial charge in [-0.1, -0.05) is 78.4 Å². The number of aryl methyl sites for hydroxylation is 1. The van der Waals surface area contributed by atoms with Gasteiger partial charge in [-0.15, -0.1) is 0 Å². The first-order valence-corrected chi connectivity index (χ1v) is 14.1. The van der Waals surface area contributed by atoms with Gasteiger partial charge in [-0.05, 0) is 79.3 Å². The molecule has 4 rings (SSSR count). The zero-order valence-electron chi connectivity index (χ0n) is 24.3. The Kier molecular flexibility index (Phi) is 10.4. The van der Waals surface area contributed by atoms with E-state index in [4.69, 9.17) is 0 Å². The van der Waals surface area contributed by atoms with Crippen LogP contribution in [0.15, 0.2) is 103 Å². The van der Waals surface area contributed by atoms with Crippen LogP contribution in [0.1, 0.15) is 57.5 Å². The lowest BCUT2D eigenvalue weighted by Gasteiger charge is -2.20. The van der Waals surface area contributed by atoms with Crippen molar-refractivity contribution < 1.29 is 19.1 Å². The number of ether oxygens (including phenoxy) is 1. The van der Waals surface area contributed by atoms with Crippen molar-refractivity contribution in [3.8, 4) is 11.1 Å². The molecule has 0 heterocycles. The number of benzene rings is 4. The first-order chi connectivity index (χ1) is 20.4. The van der Waals surface area contributed by atoms with Crippen LogP contribution in [0.5, 0.6) is 0 Å². The Bertz CT molecular complexity index is 1560. The number of para-hydroxylation sites is 1. The van der Waals surface area contributed by atoms with Crippen molar-refractivity contribution >= 4 is 35.2 Å². The summed E-state index contributed by atoms with van der Waals surface area (Å²) in [4.78, 5) is 39.4. The maximum Gasteiger partial charge on any atom is 0.305 e. The number of anilines is 2. The molecule has 0 aliphatic carbocycles. The number of hydrogen-bond acceptors (Lipinski definition) is 4. The minimum Gasteiger partial charge on any atom is -0.469 e. The van der Waals surface area contributed by atoms with Crippen molar-refractivity contribution in [1.82, 2.24) is 0 Å². The predicted molar refractivity (Wildman–Crippen MR) is 170 cm³/mol. The molecular weight excluding hydrogens is 524 g/mol. The Morgan fingerprint density at radius 3 is 2.26 bits per heavy atom. The van der Waals surface area contributed by atoms with Gasteiger partial charge in [-0.2, -0.15) is 0 Å². The fourth-order valence-electron chi connectivity index (χ4n) is 4.64. The molecule has 4 aromatic rings. The van der Waals surface area contributed by atoms with Crippen LogP contribution in [0.25, 0.3) is 17.2 Å². The van der Waals surface area contributed by atoms with E-state index >= 15 is 0 Å². The molecule has 0 saturated heterocycles. The highest BCUT2D eigenvalue weighted by Crippen LogP contribution is 2.26. The van der Waals surface area contributed by atoms with Crippen molar-refractivity contribution in [1.29, 1.82) is 0 Å². The lowest BCUT2D eigenvalue weighted by Crippen LogP contribution is -2.26. The smallest absolute Gasteiger partial charge is 0.305 e. The maximum atomic E-state index is 13.4. The molecule has 2 amide bonds. The van der Waals surface area contributed by atoms with Gasteiger partial charge in [-0.3, -0.25) is 14.4 Å². The second kappa shape index (κ2) is 14.6. The minimum atomic E-state index is -0.214. The van der Waals surface area contributed by atoms with Crippen LogP contribution in [0.4, 0.5) is 11.4 Å². The van der Waals surface area contributed by atoms with Crippen LogP contribution in [0.3, 0.4) is 0 Å². The first kappa shape index (κ1) is 30.0.